The van der Waals surface area contributed by atoms with E-state index in [1.54, 1.807) is 0 Å². The van der Waals surface area contributed by atoms with E-state index in [1.807, 2.05) is 0 Å². The quantitative estimate of drug-likeness (QED) is 0.781. The van der Waals surface area contributed by atoms with Crippen LogP contribution in [-0.2, 0) is 4.79 Å². The molecular formula is C16H32ClN3O. The predicted molar refractivity (Wildman–Crippen MR) is 90.0 cm³/mol. The number of amides is 1. The van der Waals surface area contributed by atoms with Crippen LogP contribution < -0.4 is 5.32 Å². The number of hydrogen-bond donors (Lipinski definition) is 1. The van der Waals surface area contributed by atoms with E-state index in [0.717, 1.165) is 44.9 Å². The zero-order chi connectivity index (χ0) is 14.4. The van der Waals surface area contributed by atoms with Crippen molar-refractivity contribution in [3.8, 4) is 0 Å². The molecule has 1 atom stereocenters. The normalized spacial score (nSPS) is 22.5. The molecule has 1 amide bonds. The van der Waals surface area contributed by atoms with Gasteiger partial charge in [0, 0.05) is 25.6 Å². The van der Waals surface area contributed by atoms with Gasteiger partial charge in [-0.3, -0.25) is 4.79 Å². The summed E-state index contributed by atoms with van der Waals surface area (Å²) >= 11 is 0. The highest BCUT2D eigenvalue weighted by Crippen LogP contribution is 2.25. The number of nitrogens with one attached hydrogen (secondary N) is 1. The molecule has 124 valence electrons. The highest BCUT2D eigenvalue weighted by molar-refractivity contribution is 5.85. The average Bonchev–Trinajstić information content (AvgIpc) is 3.09. The molecule has 0 spiro atoms. The summed E-state index contributed by atoms with van der Waals surface area (Å²) in [4.78, 5) is 17.0. The lowest BCUT2D eigenvalue weighted by molar-refractivity contribution is -0.133. The van der Waals surface area contributed by atoms with Crippen LogP contribution in [0.2, 0.25) is 0 Å². The summed E-state index contributed by atoms with van der Waals surface area (Å²) in [5.74, 6) is 1.11. The second-order valence-electron chi connectivity index (χ2n) is 6.73. The van der Waals surface area contributed by atoms with Gasteiger partial charge in [-0.2, -0.15) is 0 Å². The Morgan fingerprint density at radius 2 is 1.86 bits per heavy atom. The Labute approximate surface area is 136 Å². The Bertz CT molecular complexity index is 300. The third-order valence-electron chi connectivity index (χ3n) is 4.80. The maximum atomic E-state index is 12.6. The number of carbonyl (C=O) groups is 1. The molecule has 2 fully saturated rings. The van der Waals surface area contributed by atoms with E-state index in [9.17, 15) is 4.79 Å². The van der Waals surface area contributed by atoms with Gasteiger partial charge in [-0.15, -0.1) is 12.4 Å². The number of hydrogen-bond acceptors (Lipinski definition) is 3. The molecule has 0 radical (unpaired) electrons. The lowest BCUT2D eigenvalue weighted by atomic mass is 10.0. The predicted octanol–water partition coefficient (Wildman–Crippen LogP) is 2.13. The molecule has 1 saturated carbocycles. The second-order valence-corrected chi connectivity index (χ2v) is 6.73. The van der Waals surface area contributed by atoms with Crippen molar-refractivity contribution in [3.05, 3.63) is 0 Å². The minimum atomic E-state index is 0. The maximum Gasteiger partial charge on any atom is 0.222 e. The van der Waals surface area contributed by atoms with Gasteiger partial charge in [0.15, 0.2) is 0 Å². The van der Waals surface area contributed by atoms with Crippen LogP contribution in [0.15, 0.2) is 0 Å². The third kappa shape index (κ3) is 6.13. The van der Waals surface area contributed by atoms with Gasteiger partial charge < -0.3 is 15.1 Å². The highest BCUT2D eigenvalue weighted by Gasteiger charge is 2.27. The molecule has 5 heteroatoms. The summed E-state index contributed by atoms with van der Waals surface area (Å²) in [7, 11) is 4.17. The van der Waals surface area contributed by atoms with Crippen LogP contribution in [0.5, 0.6) is 0 Å². The van der Waals surface area contributed by atoms with Crippen LogP contribution >= 0.6 is 12.4 Å². The summed E-state index contributed by atoms with van der Waals surface area (Å²) < 4.78 is 0. The van der Waals surface area contributed by atoms with Crippen molar-refractivity contribution in [2.75, 3.05) is 40.3 Å². The van der Waals surface area contributed by atoms with Crippen LogP contribution in [0.25, 0.3) is 0 Å². The van der Waals surface area contributed by atoms with Gasteiger partial charge in [-0.05, 0) is 58.8 Å². The lowest BCUT2D eigenvalue weighted by Gasteiger charge is -2.30. The largest absolute Gasteiger partial charge is 0.338 e. The molecule has 1 heterocycles. The molecular weight excluding hydrogens is 286 g/mol. The van der Waals surface area contributed by atoms with Crippen LogP contribution in [0, 0.1) is 5.92 Å². The Morgan fingerprint density at radius 3 is 2.43 bits per heavy atom. The van der Waals surface area contributed by atoms with Gasteiger partial charge in [0.05, 0.1) is 0 Å². The minimum absolute atomic E-state index is 0. The van der Waals surface area contributed by atoms with Crippen LogP contribution in [0.3, 0.4) is 0 Å². The molecule has 0 aromatic carbocycles. The fourth-order valence-electron chi connectivity index (χ4n) is 3.47. The molecule has 1 N–H and O–H groups in total. The molecule has 4 nitrogen and oxygen atoms in total. The van der Waals surface area contributed by atoms with Crippen molar-refractivity contribution in [1.29, 1.82) is 0 Å². The van der Waals surface area contributed by atoms with E-state index >= 15 is 0 Å². The topological polar surface area (TPSA) is 35.6 Å². The van der Waals surface area contributed by atoms with E-state index in [-0.39, 0.29) is 12.4 Å². The number of carbonyl (C=O) groups excluding carboxylic acids is 1. The van der Waals surface area contributed by atoms with Crippen molar-refractivity contribution in [2.45, 2.75) is 51.0 Å². The van der Waals surface area contributed by atoms with Crippen molar-refractivity contribution in [3.63, 3.8) is 0 Å². The van der Waals surface area contributed by atoms with Crippen molar-refractivity contribution >= 4 is 18.3 Å². The molecule has 1 saturated heterocycles. The zero-order valence-corrected chi connectivity index (χ0v) is 14.5. The molecule has 0 aromatic heterocycles. The Kier molecular flexibility index (Phi) is 8.60. The lowest BCUT2D eigenvalue weighted by Crippen LogP contribution is -2.42. The van der Waals surface area contributed by atoms with Gasteiger partial charge in [-0.1, -0.05) is 12.8 Å². The molecule has 0 aromatic rings. The number of nitrogens with zero attached hydrogens (tertiary/aromatic N) is 2. The monoisotopic (exact) mass is 317 g/mol. The number of rotatable bonds is 7. The maximum absolute atomic E-state index is 12.6. The van der Waals surface area contributed by atoms with E-state index < -0.39 is 0 Å². The summed E-state index contributed by atoms with van der Waals surface area (Å²) in [6, 6.07) is 0.518. The van der Waals surface area contributed by atoms with Gasteiger partial charge in [0.25, 0.3) is 0 Å². The molecule has 1 aliphatic heterocycles. The first-order chi connectivity index (χ1) is 9.66. The van der Waals surface area contributed by atoms with E-state index in [4.69, 9.17) is 0 Å². The highest BCUT2D eigenvalue weighted by atomic mass is 35.5. The molecule has 1 aliphatic carbocycles. The van der Waals surface area contributed by atoms with Gasteiger partial charge in [0.2, 0.25) is 5.91 Å². The summed E-state index contributed by atoms with van der Waals surface area (Å²) in [5, 5.41) is 3.39. The number of halogens is 1. The van der Waals surface area contributed by atoms with E-state index in [1.165, 1.54) is 32.1 Å². The Hall–Kier alpha value is -0.320. The standard InChI is InChI=1S/C16H31N3O.ClH/c1-18(2)11-12-19(15-5-3-4-6-15)16(20)8-7-14-9-10-17-13-14;/h14-15,17H,3-13H2,1-2H3;1H. The van der Waals surface area contributed by atoms with E-state index in [0.29, 0.717) is 11.9 Å². The van der Waals surface area contributed by atoms with Crippen LogP contribution in [0.4, 0.5) is 0 Å². The zero-order valence-electron chi connectivity index (χ0n) is 13.6. The van der Waals surface area contributed by atoms with Gasteiger partial charge >= 0.3 is 0 Å². The van der Waals surface area contributed by atoms with Crippen molar-refractivity contribution in [2.24, 2.45) is 5.92 Å². The second kappa shape index (κ2) is 9.65. The Morgan fingerprint density at radius 1 is 1.14 bits per heavy atom. The molecule has 1 unspecified atom stereocenters. The Balaban J connectivity index is 0.00000220. The first-order valence-electron chi connectivity index (χ1n) is 8.31. The van der Waals surface area contributed by atoms with Crippen LogP contribution in [-0.4, -0.2) is 62.0 Å². The molecule has 0 bridgehead atoms. The fourth-order valence-corrected chi connectivity index (χ4v) is 3.47. The summed E-state index contributed by atoms with van der Waals surface area (Å²) in [6.45, 7) is 4.12. The van der Waals surface area contributed by atoms with E-state index in [2.05, 4.69) is 29.2 Å². The third-order valence-corrected chi connectivity index (χ3v) is 4.80. The minimum Gasteiger partial charge on any atom is -0.338 e. The average molecular weight is 318 g/mol. The first kappa shape index (κ1) is 18.7. The van der Waals surface area contributed by atoms with Crippen LogP contribution in [0.1, 0.15) is 44.9 Å². The first-order valence-corrected chi connectivity index (χ1v) is 8.31. The fraction of sp³-hybridized carbons (Fsp3) is 0.938. The van der Waals surface area contributed by atoms with Crippen molar-refractivity contribution < 1.29 is 4.79 Å². The van der Waals surface area contributed by atoms with Gasteiger partial charge in [0.1, 0.15) is 0 Å². The SMILES string of the molecule is CN(C)CCN(C(=O)CCC1CCNC1)C1CCCC1.Cl. The molecule has 21 heavy (non-hydrogen) atoms. The van der Waals surface area contributed by atoms with Crippen molar-refractivity contribution in [1.82, 2.24) is 15.1 Å². The summed E-state index contributed by atoms with van der Waals surface area (Å²) in [6.07, 6.45) is 8.07. The smallest absolute Gasteiger partial charge is 0.222 e. The molecule has 2 rings (SSSR count). The number of likely N-dealkylation sites (N-methyl/N-ethyl adjacent to an activating group) is 1. The molecule has 2 aliphatic rings. The summed E-state index contributed by atoms with van der Waals surface area (Å²) in [5.41, 5.74) is 0. The van der Waals surface area contributed by atoms with Gasteiger partial charge in [-0.25, -0.2) is 0 Å².